The maximum atomic E-state index is 10.8. The molecule has 0 bridgehead atoms. The number of carbonyl (C=O) groups is 2. The molecular weight excluding hydrogens is 300 g/mol. The summed E-state index contributed by atoms with van der Waals surface area (Å²) in [4.78, 5) is 21.5. The smallest absolute Gasteiger partial charge is 0.150 e. The molecule has 0 unspecified atom stereocenters. The van der Waals surface area contributed by atoms with Crippen LogP contribution in [0.1, 0.15) is 20.7 Å². The van der Waals surface area contributed by atoms with Crippen LogP contribution in [0.2, 0.25) is 0 Å². The zero-order valence-corrected chi connectivity index (χ0v) is 12.9. The number of aldehydes is 2. The molecule has 4 N–H and O–H groups in total. The Kier molecular flexibility index (Phi) is 4.12. The molecule has 0 radical (unpaired) electrons. The number of nitrogen functional groups attached to an aromatic ring is 2. The van der Waals surface area contributed by atoms with Crippen molar-refractivity contribution in [3.8, 4) is 22.3 Å². The Morgan fingerprint density at radius 3 is 1.17 bits per heavy atom. The molecule has 0 spiro atoms. The van der Waals surface area contributed by atoms with Gasteiger partial charge in [-0.1, -0.05) is 60.7 Å². The first-order chi connectivity index (χ1) is 11.6. The first-order valence-electron chi connectivity index (χ1n) is 7.43. The monoisotopic (exact) mass is 316 g/mol. The molecule has 0 amide bonds. The minimum Gasteiger partial charge on any atom is -0.397 e. The van der Waals surface area contributed by atoms with E-state index in [-0.39, 0.29) is 0 Å². The molecule has 0 fully saturated rings. The number of hydrogen-bond donors (Lipinski definition) is 2. The van der Waals surface area contributed by atoms with E-state index in [2.05, 4.69) is 0 Å². The molecule has 0 aliphatic carbocycles. The van der Waals surface area contributed by atoms with Crippen LogP contribution >= 0.6 is 0 Å². The van der Waals surface area contributed by atoms with Crippen molar-refractivity contribution in [2.75, 3.05) is 11.5 Å². The Labute approximate surface area is 139 Å². The van der Waals surface area contributed by atoms with E-state index in [4.69, 9.17) is 11.5 Å². The van der Waals surface area contributed by atoms with Gasteiger partial charge in [-0.3, -0.25) is 9.59 Å². The highest BCUT2D eigenvalue weighted by molar-refractivity contribution is 5.94. The summed E-state index contributed by atoms with van der Waals surface area (Å²) in [5, 5.41) is 0. The lowest BCUT2D eigenvalue weighted by Gasteiger charge is -2.13. The second kappa shape index (κ2) is 6.38. The molecule has 0 saturated carbocycles. The van der Waals surface area contributed by atoms with Crippen molar-refractivity contribution < 1.29 is 9.59 Å². The van der Waals surface area contributed by atoms with E-state index >= 15 is 0 Å². The van der Waals surface area contributed by atoms with Crippen LogP contribution in [0.15, 0.2) is 60.7 Å². The zero-order valence-electron chi connectivity index (χ0n) is 12.9. The highest BCUT2D eigenvalue weighted by Crippen LogP contribution is 2.37. The van der Waals surface area contributed by atoms with Crippen LogP contribution in [0.4, 0.5) is 11.4 Å². The standard InChI is InChI=1S/C20H16N2O2/c21-19-17(15-5-1-13(11-23)2-6-15)9-10-18(20(19)22)16-7-3-14(12-24)4-8-16/h1-12H,21-22H2. The largest absolute Gasteiger partial charge is 0.397 e. The predicted octanol–water partition coefficient (Wildman–Crippen LogP) is 3.81. The van der Waals surface area contributed by atoms with E-state index in [1.165, 1.54) is 0 Å². The Bertz CT molecular complexity index is 822. The average Bonchev–Trinajstić information content (AvgIpc) is 2.64. The molecule has 4 nitrogen and oxygen atoms in total. The van der Waals surface area contributed by atoms with Crippen LogP contribution in [0, 0.1) is 0 Å². The lowest BCUT2D eigenvalue weighted by atomic mass is 9.95. The van der Waals surface area contributed by atoms with Crippen molar-refractivity contribution in [2.24, 2.45) is 0 Å². The normalized spacial score (nSPS) is 10.3. The summed E-state index contributed by atoms with van der Waals surface area (Å²) in [5.41, 5.74) is 18.1. The van der Waals surface area contributed by atoms with Crippen molar-refractivity contribution in [3.05, 3.63) is 71.8 Å². The van der Waals surface area contributed by atoms with E-state index < -0.39 is 0 Å². The summed E-state index contributed by atoms with van der Waals surface area (Å²) in [5.74, 6) is 0. The predicted molar refractivity (Wildman–Crippen MR) is 96.9 cm³/mol. The molecule has 4 heteroatoms. The number of nitrogens with two attached hydrogens (primary N) is 2. The van der Waals surface area contributed by atoms with E-state index in [1.54, 1.807) is 24.3 Å². The third-order valence-corrected chi connectivity index (χ3v) is 4.00. The molecule has 0 aliphatic heterocycles. The van der Waals surface area contributed by atoms with Gasteiger partial charge in [0.05, 0.1) is 11.4 Å². The number of anilines is 2. The van der Waals surface area contributed by atoms with Gasteiger partial charge in [-0.25, -0.2) is 0 Å². The summed E-state index contributed by atoms with van der Waals surface area (Å²) in [6.45, 7) is 0. The van der Waals surface area contributed by atoms with Gasteiger partial charge in [-0.15, -0.1) is 0 Å². The fourth-order valence-corrected chi connectivity index (χ4v) is 2.62. The molecule has 3 aromatic rings. The maximum Gasteiger partial charge on any atom is 0.150 e. The zero-order chi connectivity index (χ0) is 17.1. The molecule has 0 aromatic heterocycles. The molecule has 3 rings (SSSR count). The SMILES string of the molecule is Nc1c(-c2ccc(C=O)cc2)ccc(-c2ccc(C=O)cc2)c1N. The van der Waals surface area contributed by atoms with Crippen LogP contribution in [-0.4, -0.2) is 12.6 Å². The van der Waals surface area contributed by atoms with Crippen molar-refractivity contribution >= 4 is 23.9 Å². The Morgan fingerprint density at radius 1 is 0.542 bits per heavy atom. The third-order valence-electron chi connectivity index (χ3n) is 4.00. The van der Waals surface area contributed by atoms with Gasteiger partial charge in [-0.2, -0.15) is 0 Å². The quantitative estimate of drug-likeness (QED) is 0.566. The van der Waals surface area contributed by atoms with Crippen LogP contribution in [0.5, 0.6) is 0 Å². The van der Waals surface area contributed by atoms with Gasteiger partial charge in [-0.05, 0) is 11.1 Å². The molecule has 0 aliphatic rings. The lowest BCUT2D eigenvalue weighted by Crippen LogP contribution is -2.00. The number of rotatable bonds is 4. The molecule has 3 aromatic carbocycles. The van der Waals surface area contributed by atoms with Crippen LogP contribution < -0.4 is 11.5 Å². The van der Waals surface area contributed by atoms with Gasteiger partial charge in [0.25, 0.3) is 0 Å². The van der Waals surface area contributed by atoms with Gasteiger partial charge in [0.2, 0.25) is 0 Å². The van der Waals surface area contributed by atoms with Gasteiger partial charge >= 0.3 is 0 Å². The first-order valence-corrected chi connectivity index (χ1v) is 7.43. The number of benzene rings is 3. The van der Waals surface area contributed by atoms with Crippen molar-refractivity contribution in [1.82, 2.24) is 0 Å². The summed E-state index contributed by atoms with van der Waals surface area (Å²) < 4.78 is 0. The minimum absolute atomic E-state index is 0.491. The Balaban J connectivity index is 2.04. The van der Waals surface area contributed by atoms with E-state index in [0.717, 1.165) is 34.8 Å². The highest BCUT2D eigenvalue weighted by Gasteiger charge is 2.11. The molecule has 118 valence electrons. The molecular formula is C20H16N2O2. The second-order valence-corrected chi connectivity index (χ2v) is 5.47. The average molecular weight is 316 g/mol. The lowest BCUT2D eigenvalue weighted by molar-refractivity contribution is 0.111. The summed E-state index contributed by atoms with van der Waals surface area (Å²) in [7, 11) is 0. The van der Waals surface area contributed by atoms with Crippen molar-refractivity contribution in [2.45, 2.75) is 0 Å². The molecule has 24 heavy (non-hydrogen) atoms. The highest BCUT2D eigenvalue weighted by atomic mass is 16.1. The van der Waals surface area contributed by atoms with Crippen molar-refractivity contribution in [1.29, 1.82) is 0 Å². The van der Waals surface area contributed by atoms with E-state index in [1.807, 2.05) is 36.4 Å². The molecule has 0 heterocycles. The number of carbonyl (C=O) groups excluding carboxylic acids is 2. The second-order valence-electron chi connectivity index (χ2n) is 5.47. The summed E-state index contributed by atoms with van der Waals surface area (Å²) in [6.07, 6.45) is 1.60. The van der Waals surface area contributed by atoms with Crippen LogP contribution in [0.25, 0.3) is 22.3 Å². The van der Waals surface area contributed by atoms with Gasteiger partial charge in [0, 0.05) is 22.3 Å². The van der Waals surface area contributed by atoms with Crippen molar-refractivity contribution in [3.63, 3.8) is 0 Å². The Hall–Kier alpha value is -3.40. The first kappa shape index (κ1) is 15.5. The maximum absolute atomic E-state index is 10.8. The molecule has 0 saturated heterocycles. The summed E-state index contributed by atoms with van der Waals surface area (Å²) >= 11 is 0. The third kappa shape index (κ3) is 2.77. The fraction of sp³-hybridized carbons (Fsp3) is 0. The Morgan fingerprint density at radius 2 is 0.875 bits per heavy atom. The topological polar surface area (TPSA) is 86.2 Å². The number of hydrogen-bond acceptors (Lipinski definition) is 4. The van der Waals surface area contributed by atoms with Gasteiger partial charge < -0.3 is 11.5 Å². The van der Waals surface area contributed by atoms with Gasteiger partial charge in [0.15, 0.2) is 0 Å². The molecule has 0 atom stereocenters. The van der Waals surface area contributed by atoms with Crippen LogP contribution in [0.3, 0.4) is 0 Å². The van der Waals surface area contributed by atoms with E-state index in [0.29, 0.717) is 22.5 Å². The minimum atomic E-state index is 0.491. The van der Waals surface area contributed by atoms with Crippen LogP contribution in [-0.2, 0) is 0 Å². The summed E-state index contributed by atoms with van der Waals surface area (Å²) in [6, 6.07) is 18.1. The van der Waals surface area contributed by atoms with E-state index in [9.17, 15) is 9.59 Å². The van der Waals surface area contributed by atoms with Gasteiger partial charge in [0.1, 0.15) is 12.6 Å². The fourth-order valence-electron chi connectivity index (χ4n) is 2.62.